The van der Waals surface area contributed by atoms with Gasteiger partial charge in [-0.05, 0) is 48.5 Å². The van der Waals surface area contributed by atoms with Gasteiger partial charge >= 0.3 is 0 Å². The lowest BCUT2D eigenvalue weighted by atomic mass is 10.1. The minimum Gasteiger partial charge on any atom is -0.497 e. The number of carbonyl (C=O) groups is 1. The molecular weight excluding hydrogens is 408 g/mol. The van der Waals surface area contributed by atoms with E-state index in [4.69, 9.17) is 16.3 Å². The first kappa shape index (κ1) is 20.6. The van der Waals surface area contributed by atoms with Gasteiger partial charge in [-0.15, -0.1) is 0 Å². The Morgan fingerprint density at radius 1 is 1.07 bits per heavy atom. The molecule has 3 rings (SSSR count). The standard InChI is InChI=1S/C22H17ClN2O3S/c1-28-20-8-10-21(11-9-20)29(2,27)25-22(26)18-12-17(14-24-15-18)7-6-16-4-3-5-19(23)13-16/h3-5,8-15H,1-2H3. The number of halogens is 1. The van der Waals surface area contributed by atoms with Crippen LogP contribution in [-0.2, 0) is 9.73 Å². The van der Waals surface area contributed by atoms with Crippen molar-refractivity contribution < 1.29 is 13.7 Å². The summed E-state index contributed by atoms with van der Waals surface area (Å²) in [5.74, 6) is 5.92. The van der Waals surface area contributed by atoms with Gasteiger partial charge in [-0.2, -0.15) is 4.36 Å². The van der Waals surface area contributed by atoms with Crippen molar-refractivity contribution in [3.63, 3.8) is 0 Å². The van der Waals surface area contributed by atoms with Crippen LogP contribution in [0, 0.1) is 11.8 Å². The Morgan fingerprint density at radius 2 is 1.79 bits per heavy atom. The normalized spacial score (nSPS) is 12.2. The number of benzene rings is 2. The fourth-order valence-electron chi connectivity index (χ4n) is 2.43. The summed E-state index contributed by atoms with van der Waals surface area (Å²) in [5, 5.41) is 0.592. The summed E-state index contributed by atoms with van der Waals surface area (Å²) in [6, 6.07) is 15.3. The van der Waals surface area contributed by atoms with Crippen molar-refractivity contribution in [3.05, 3.63) is 88.7 Å². The predicted molar refractivity (Wildman–Crippen MR) is 114 cm³/mol. The molecule has 2 aromatic carbocycles. The van der Waals surface area contributed by atoms with E-state index >= 15 is 0 Å². The van der Waals surface area contributed by atoms with Gasteiger partial charge in [-0.3, -0.25) is 9.78 Å². The third-order valence-corrected chi connectivity index (χ3v) is 5.81. The molecule has 146 valence electrons. The highest BCUT2D eigenvalue weighted by Gasteiger charge is 2.12. The Bertz CT molecular complexity index is 1230. The highest BCUT2D eigenvalue weighted by atomic mass is 35.5. The summed E-state index contributed by atoms with van der Waals surface area (Å²) >= 11 is 5.95. The van der Waals surface area contributed by atoms with E-state index in [-0.39, 0.29) is 5.56 Å². The lowest BCUT2D eigenvalue weighted by Gasteiger charge is -2.05. The minimum atomic E-state index is -2.91. The molecule has 0 aliphatic rings. The third-order valence-electron chi connectivity index (χ3n) is 3.91. The first-order chi connectivity index (χ1) is 13.9. The number of aromatic nitrogens is 1. The van der Waals surface area contributed by atoms with E-state index in [0.29, 0.717) is 21.2 Å². The molecule has 1 amide bonds. The second kappa shape index (κ2) is 8.91. The zero-order chi connectivity index (χ0) is 20.9. The van der Waals surface area contributed by atoms with Crippen LogP contribution < -0.4 is 4.74 Å². The molecule has 5 nitrogen and oxygen atoms in total. The van der Waals surface area contributed by atoms with Crippen molar-refractivity contribution in [2.24, 2.45) is 4.36 Å². The van der Waals surface area contributed by atoms with E-state index in [1.54, 1.807) is 61.8 Å². The lowest BCUT2D eigenvalue weighted by molar-refractivity contribution is 0.100. The van der Waals surface area contributed by atoms with Crippen molar-refractivity contribution in [3.8, 4) is 17.6 Å². The van der Waals surface area contributed by atoms with Gasteiger partial charge in [0.15, 0.2) is 0 Å². The number of pyridine rings is 1. The average molecular weight is 425 g/mol. The van der Waals surface area contributed by atoms with Crippen LogP contribution in [0.5, 0.6) is 5.75 Å². The maximum Gasteiger partial charge on any atom is 0.286 e. The Hall–Kier alpha value is -3.14. The number of carbonyl (C=O) groups excluding carboxylic acids is 1. The molecule has 0 radical (unpaired) electrons. The lowest BCUT2D eigenvalue weighted by Crippen LogP contribution is -2.04. The number of amides is 1. The van der Waals surface area contributed by atoms with E-state index in [2.05, 4.69) is 21.2 Å². The van der Waals surface area contributed by atoms with Gasteiger partial charge in [0.25, 0.3) is 5.91 Å². The van der Waals surface area contributed by atoms with Gasteiger partial charge < -0.3 is 4.74 Å². The van der Waals surface area contributed by atoms with Gasteiger partial charge in [-0.1, -0.05) is 29.5 Å². The summed E-state index contributed by atoms with van der Waals surface area (Å²) < 4.78 is 21.9. The Kier molecular flexibility index (Phi) is 6.32. The molecule has 0 saturated carbocycles. The van der Waals surface area contributed by atoms with Crippen LogP contribution in [-0.4, -0.2) is 28.5 Å². The second-order valence-corrected chi connectivity index (χ2v) is 8.79. The van der Waals surface area contributed by atoms with Crippen LogP contribution >= 0.6 is 11.6 Å². The fraction of sp³-hybridized carbons (Fsp3) is 0.0909. The SMILES string of the molecule is COc1ccc(S(C)(=O)=NC(=O)c2cncc(C#Cc3cccc(Cl)c3)c2)cc1. The molecular formula is C22H17ClN2O3S. The maximum atomic E-state index is 12.9. The molecule has 0 N–H and O–H groups in total. The Morgan fingerprint density at radius 3 is 2.48 bits per heavy atom. The van der Waals surface area contributed by atoms with Crippen molar-refractivity contribution in [2.75, 3.05) is 13.4 Å². The van der Waals surface area contributed by atoms with Gasteiger partial charge in [0.1, 0.15) is 5.75 Å². The zero-order valence-electron chi connectivity index (χ0n) is 15.8. The molecule has 0 fully saturated rings. The molecule has 0 aliphatic heterocycles. The van der Waals surface area contributed by atoms with E-state index in [0.717, 1.165) is 5.56 Å². The summed E-state index contributed by atoms with van der Waals surface area (Å²) in [6.45, 7) is 0. The Balaban J connectivity index is 1.87. The molecule has 0 spiro atoms. The molecule has 0 aliphatic carbocycles. The molecule has 29 heavy (non-hydrogen) atoms. The smallest absolute Gasteiger partial charge is 0.286 e. The van der Waals surface area contributed by atoms with Gasteiger partial charge in [0.2, 0.25) is 0 Å². The van der Waals surface area contributed by atoms with E-state index in [1.165, 1.54) is 12.5 Å². The van der Waals surface area contributed by atoms with Crippen molar-refractivity contribution in [1.29, 1.82) is 0 Å². The van der Waals surface area contributed by atoms with Crippen LogP contribution in [0.1, 0.15) is 21.5 Å². The van der Waals surface area contributed by atoms with Crippen LogP contribution in [0.3, 0.4) is 0 Å². The molecule has 1 heterocycles. The van der Waals surface area contributed by atoms with Crippen LogP contribution in [0.2, 0.25) is 5.02 Å². The quantitative estimate of drug-likeness (QED) is 0.583. The highest BCUT2D eigenvalue weighted by Crippen LogP contribution is 2.18. The van der Waals surface area contributed by atoms with Gasteiger partial charge in [0, 0.05) is 39.7 Å². The van der Waals surface area contributed by atoms with Gasteiger partial charge in [0.05, 0.1) is 22.4 Å². The highest BCUT2D eigenvalue weighted by molar-refractivity contribution is 7.93. The molecule has 1 atom stereocenters. The molecule has 0 saturated heterocycles. The summed E-state index contributed by atoms with van der Waals surface area (Å²) in [7, 11) is -1.37. The number of hydrogen-bond donors (Lipinski definition) is 0. The fourth-order valence-corrected chi connectivity index (χ4v) is 3.79. The largest absolute Gasteiger partial charge is 0.497 e. The third kappa shape index (κ3) is 5.44. The van der Waals surface area contributed by atoms with E-state index in [9.17, 15) is 9.00 Å². The summed E-state index contributed by atoms with van der Waals surface area (Å²) in [6.07, 6.45) is 4.34. The van der Waals surface area contributed by atoms with E-state index in [1.807, 2.05) is 6.07 Å². The maximum absolute atomic E-state index is 12.9. The molecule has 1 unspecified atom stereocenters. The van der Waals surface area contributed by atoms with Crippen molar-refractivity contribution >= 4 is 27.2 Å². The topological polar surface area (TPSA) is 68.6 Å². The number of hydrogen-bond acceptors (Lipinski definition) is 4. The molecule has 7 heteroatoms. The first-order valence-electron chi connectivity index (χ1n) is 8.50. The number of ether oxygens (including phenoxy) is 1. The Labute approximate surface area is 174 Å². The van der Waals surface area contributed by atoms with Crippen LogP contribution in [0.4, 0.5) is 0 Å². The minimum absolute atomic E-state index is 0.214. The molecule has 0 bridgehead atoms. The molecule has 1 aromatic heterocycles. The van der Waals surface area contributed by atoms with Gasteiger partial charge in [-0.25, -0.2) is 4.21 Å². The molecule has 3 aromatic rings. The summed E-state index contributed by atoms with van der Waals surface area (Å²) in [5.41, 5.74) is 1.50. The van der Waals surface area contributed by atoms with E-state index < -0.39 is 15.6 Å². The number of nitrogens with zero attached hydrogens (tertiary/aromatic N) is 2. The number of methoxy groups -OCH3 is 1. The van der Waals surface area contributed by atoms with Crippen molar-refractivity contribution in [2.45, 2.75) is 4.90 Å². The average Bonchev–Trinajstić information content (AvgIpc) is 2.72. The van der Waals surface area contributed by atoms with Crippen LogP contribution in [0.15, 0.2) is 76.2 Å². The van der Waals surface area contributed by atoms with Crippen LogP contribution in [0.25, 0.3) is 0 Å². The second-order valence-electron chi connectivity index (χ2n) is 6.10. The first-order valence-corrected chi connectivity index (χ1v) is 10.8. The van der Waals surface area contributed by atoms with Crippen molar-refractivity contribution in [1.82, 2.24) is 4.98 Å². The number of rotatable bonds is 3. The predicted octanol–water partition coefficient (Wildman–Crippen LogP) is 4.44. The zero-order valence-corrected chi connectivity index (χ0v) is 17.3. The summed E-state index contributed by atoms with van der Waals surface area (Å²) in [4.78, 5) is 17.0. The monoisotopic (exact) mass is 424 g/mol.